The highest BCUT2D eigenvalue weighted by Crippen LogP contribution is 2.20. The van der Waals surface area contributed by atoms with Gasteiger partial charge in [-0.25, -0.2) is 15.8 Å². The Balaban J connectivity index is 2.18. The third-order valence-electron chi connectivity index (χ3n) is 3.03. The van der Waals surface area contributed by atoms with Crippen molar-refractivity contribution >= 4 is 11.6 Å². The molecule has 2 aromatic rings. The summed E-state index contributed by atoms with van der Waals surface area (Å²) in [6, 6.07) is 3.90. The van der Waals surface area contributed by atoms with E-state index in [9.17, 15) is 0 Å². The van der Waals surface area contributed by atoms with E-state index in [1.165, 1.54) is 0 Å². The van der Waals surface area contributed by atoms with Crippen LogP contribution in [-0.2, 0) is 13.0 Å². The molecule has 0 saturated heterocycles. The number of nitrogen functional groups attached to an aromatic ring is 1. The molecule has 0 aliphatic rings. The van der Waals surface area contributed by atoms with E-state index >= 15 is 0 Å². The maximum atomic E-state index is 5.53. The number of hydrazine groups is 1. The Labute approximate surface area is 118 Å². The standard InChI is InChI=1S/C14H21N5O/c1-4-5-12-17-13(10(3)14(18-12)19-15)16-8-11-7-6-9(2)20-11/h6-7H,4-5,8,15H2,1-3H3,(H2,16,17,18,19). The second-order valence-corrected chi connectivity index (χ2v) is 4.72. The number of rotatable bonds is 6. The van der Waals surface area contributed by atoms with E-state index in [1.54, 1.807) is 0 Å². The van der Waals surface area contributed by atoms with Crippen molar-refractivity contribution in [3.8, 4) is 0 Å². The highest BCUT2D eigenvalue weighted by atomic mass is 16.3. The first-order chi connectivity index (χ1) is 9.63. The van der Waals surface area contributed by atoms with Gasteiger partial charge in [-0.1, -0.05) is 6.92 Å². The molecule has 0 aliphatic heterocycles. The predicted molar refractivity (Wildman–Crippen MR) is 79.3 cm³/mol. The lowest BCUT2D eigenvalue weighted by molar-refractivity contribution is 0.490. The fourth-order valence-electron chi connectivity index (χ4n) is 1.96. The molecule has 0 radical (unpaired) electrons. The first-order valence-corrected chi connectivity index (χ1v) is 6.77. The molecule has 0 unspecified atom stereocenters. The molecule has 6 heteroatoms. The molecule has 4 N–H and O–H groups in total. The van der Waals surface area contributed by atoms with Gasteiger partial charge in [0.25, 0.3) is 0 Å². The molecule has 20 heavy (non-hydrogen) atoms. The van der Waals surface area contributed by atoms with E-state index in [0.717, 1.165) is 41.6 Å². The van der Waals surface area contributed by atoms with E-state index in [-0.39, 0.29) is 0 Å². The van der Waals surface area contributed by atoms with Crippen LogP contribution in [0.25, 0.3) is 0 Å². The third-order valence-corrected chi connectivity index (χ3v) is 3.03. The number of hydrogen-bond acceptors (Lipinski definition) is 6. The van der Waals surface area contributed by atoms with Crippen LogP contribution in [0.4, 0.5) is 11.6 Å². The van der Waals surface area contributed by atoms with Gasteiger partial charge in [0, 0.05) is 12.0 Å². The third kappa shape index (κ3) is 3.27. The molecule has 108 valence electrons. The summed E-state index contributed by atoms with van der Waals surface area (Å²) in [6.07, 6.45) is 1.81. The summed E-state index contributed by atoms with van der Waals surface area (Å²) in [5, 5.41) is 3.28. The monoisotopic (exact) mass is 275 g/mol. The van der Waals surface area contributed by atoms with Crippen LogP contribution in [0, 0.1) is 13.8 Å². The Morgan fingerprint density at radius 3 is 2.55 bits per heavy atom. The van der Waals surface area contributed by atoms with Gasteiger partial charge in [0.1, 0.15) is 29.0 Å². The largest absolute Gasteiger partial charge is 0.465 e. The number of nitrogens with one attached hydrogen (secondary N) is 2. The van der Waals surface area contributed by atoms with Crippen LogP contribution in [0.15, 0.2) is 16.5 Å². The second kappa shape index (κ2) is 6.38. The molecule has 0 saturated carbocycles. The number of nitrogens with two attached hydrogens (primary N) is 1. The van der Waals surface area contributed by atoms with Gasteiger partial charge < -0.3 is 15.2 Å². The number of aryl methyl sites for hydroxylation is 2. The highest BCUT2D eigenvalue weighted by molar-refractivity contribution is 5.56. The minimum absolute atomic E-state index is 0.585. The van der Waals surface area contributed by atoms with Crippen molar-refractivity contribution in [3.63, 3.8) is 0 Å². The maximum Gasteiger partial charge on any atom is 0.148 e. The molecule has 6 nitrogen and oxygen atoms in total. The van der Waals surface area contributed by atoms with Crippen molar-refractivity contribution in [2.75, 3.05) is 10.7 Å². The Kier molecular flexibility index (Phi) is 4.57. The molecule has 0 aromatic carbocycles. The normalized spacial score (nSPS) is 10.6. The minimum Gasteiger partial charge on any atom is -0.465 e. The summed E-state index contributed by atoms with van der Waals surface area (Å²) in [6.45, 7) is 6.54. The van der Waals surface area contributed by atoms with Crippen molar-refractivity contribution in [1.82, 2.24) is 9.97 Å². The predicted octanol–water partition coefficient (Wildman–Crippen LogP) is 2.54. The molecule has 0 atom stereocenters. The Hall–Kier alpha value is -2.08. The average molecular weight is 275 g/mol. The highest BCUT2D eigenvalue weighted by Gasteiger charge is 2.10. The van der Waals surface area contributed by atoms with Gasteiger partial charge in [-0.3, -0.25) is 0 Å². The summed E-state index contributed by atoms with van der Waals surface area (Å²) in [7, 11) is 0. The van der Waals surface area contributed by atoms with Crippen molar-refractivity contribution in [2.24, 2.45) is 5.84 Å². The number of furan rings is 1. The quantitative estimate of drug-likeness (QED) is 0.554. The maximum absolute atomic E-state index is 5.53. The Morgan fingerprint density at radius 1 is 1.20 bits per heavy atom. The van der Waals surface area contributed by atoms with E-state index in [2.05, 4.69) is 27.6 Å². The smallest absolute Gasteiger partial charge is 0.148 e. The lowest BCUT2D eigenvalue weighted by Gasteiger charge is -2.12. The van der Waals surface area contributed by atoms with Gasteiger partial charge in [0.05, 0.1) is 6.54 Å². The summed E-state index contributed by atoms with van der Waals surface area (Å²) in [5.74, 6) is 9.50. The zero-order valence-electron chi connectivity index (χ0n) is 12.2. The summed E-state index contributed by atoms with van der Waals surface area (Å²) in [5.41, 5.74) is 3.52. The lowest BCUT2D eigenvalue weighted by atomic mass is 10.2. The summed E-state index contributed by atoms with van der Waals surface area (Å²) < 4.78 is 5.53. The SMILES string of the molecule is CCCc1nc(NN)c(C)c(NCc2ccc(C)o2)n1. The fourth-order valence-corrected chi connectivity index (χ4v) is 1.96. The minimum atomic E-state index is 0.585. The topological polar surface area (TPSA) is 89.0 Å². The Morgan fingerprint density at radius 2 is 1.95 bits per heavy atom. The van der Waals surface area contributed by atoms with Gasteiger partial charge in [0.15, 0.2) is 0 Å². The van der Waals surface area contributed by atoms with Crippen LogP contribution >= 0.6 is 0 Å². The van der Waals surface area contributed by atoms with E-state index in [1.807, 2.05) is 26.0 Å². The molecule has 2 rings (SSSR count). The molecule has 0 bridgehead atoms. The first kappa shape index (κ1) is 14.3. The number of aromatic nitrogens is 2. The van der Waals surface area contributed by atoms with Gasteiger partial charge in [-0.05, 0) is 32.4 Å². The first-order valence-electron chi connectivity index (χ1n) is 6.77. The Bertz CT molecular complexity index is 579. The van der Waals surface area contributed by atoms with Crippen molar-refractivity contribution in [1.29, 1.82) is 0 Å². The van der Waals surface area contributed by atoms with Crippen molar-refractivity contribution in [3.05, 3.63) is 35.0 Å². The van der Waals surface area contributed by atoms with Gasteiger partial charge in [0.2, 0.25) is 0 Å². The number of nitrogens with zero attached hydrogens (tertiary/aromatic N) is 2. The van der Waals surface area contributed by atoms with E-state index in [4.69, 9.17) is 10.3 Å². The summed E-state index contributed by atoms with van der Waals surface area (Å²) in [4.78, 5) is 8.92. The lowest BCUT2D eigenvalue weighted by Crippen LogP contribution is -2.15. The van der Waals surface area contributed by atoms with Gasteiger partial charge >= 0.3 is 0 Å². The molecule has 2 heterocycles. The van der Waals surface area contributed by atoms with E-state index < -0.39 is 0 Å². The van der Waals surface area contributed by atoms with Gasteiger partial charge in [-0.2, -0.15) is 0 Å². The molecular formula is C14H21N5O. The fraction of sp³-hybridized carbons (Fsp3) is 0.429. The molecule has 2 aromatic heterocycles. The van der Waals surface area contributed by atoms with Crippen molar-refractivity contribution in [2.45, 2.75) is 40.2 Å². The molecular weight excluding hydrogens is 254 g/mol. The molecule has 0 fully saturated rings. The second-order valence-electron chi connectivity index (χ2n) is 4.72. The van der Waals surface area contributed by atoms with Gasteiger partial charge in [-0.15, -0.1) is 0 Å². The van der Waals surface area contributed by atoms with Crippen LogP contribution in [-0.4, -0.2) is 9.97 Å². The van der Waals surface area contributed by atoms with Crippen LogP contribution in [0.1, 0.15) is 36.3 Å². The zero-order valence-corrected chi connectivity index (χ0v) is 12.2. The molecule has 0 aliphatic carbocycles. The average Bonchev–Trinajstić information content (AvgIpc) is 2.85. The molecule has 0 spiro atoms. The van der Waals surface area contributed by atoms with Crippen LogP contribution < -0.4 is 16.6 Å². The van der Waals surface area contributed by atoms with Crippen LogP contribution in [0.3, 0.4) is 0 Å². The van der Waals surface area contributed by atoms with E-state index in [0.29, 0.717) is 12.4 Å². The van der Waals surface area contributed by atoms with Crippen LogP contribution in [0.5, 0.6) is 0 Å². The number of anilines is 2. The molecule has 0 amide bonds. The number of hydrogen-bond donors (Lipinski definition) is 3. The van der Waals surface area contributed by atoms with Crippen LogP contribution in [0.2, 0.25) is 0 Å². The zero-order chi connectivity index (χ0) is 14.5. The summed E-state index contributed by atoms with van der Waals surface area (Å²) >= 11 is 0. The van der Waals surface area contributed by atoms with Crippen molar-refractivity contribution < 1.29 is 4.42 Å².